The number of alkyl halides is 4. The van der Waals surface area contributed by atoms with Crippen molar-refractivity contribution in [1.82, 2.24) is 0 Å². The molecule has 19 heavy (non-hydrogen) atoms. The predicted octanol–water partition coefficient (Wildman–Crippen LogP) is 4.45. The average molecular weight is 340 g/mol. The van der Waals surface area contributed by atoms with Gasteiger partial charge in [0, 0.05) is 18.4 Å². The lowest BCUT2D eigenvalue weighted by Crippen LogP contribution is -2.35. The van der Waals surface area contributed by atoms with Gasteiger partial charge in [-0.3, -0.25) is 0 Å². The first-order valence-electron chi connectivity index (χ1n) is 5.99. The number of anilines is 1. The summed E-state index contributed by atoms with van der Waals surface area (Å²) in [6.45, 7) is 0.657. The molecular formula is C13H14BrF4N. The zero-order valence-corrected chi connectivity index (χ0v) is 11.9. The third kappa shape index (κ3) is 3.41. The van der Waals surface area contributed by atoms with E-state index in [2.05, 4.69) is 15.9 Å². The van der Waals surface area contributed by atoms with Crippen molar-refractivity contribution in [3.63, 3.8) is 0 Å². The molecule has 0 aromatic heterocycles. The second kappa shape index (κ2) is 5.31. The Morgan fingerprint density at radius 3 is 2.42 bits per heavy atom. The van der Waals surface area contributed by atoms with Crippen molar-refractivity contribution in [2.24, 2.45) is 5.92 Å². The molecule has 1 fully saturated rings. The van der Waals surface area contributed by atoms with Gasteiger partial charge in [-0.05, 0) is 37.0 Å². The topological polar surface area (TPSA) is 3.24 Å². The van der Waals surface area contributed by atoms with E-state index >= 15 is 0 Å². The molecule has 2 rings (SSSR count). The molecule has 0 saturated heterocycles. The van der Waals surface area contributed by atoms with Crippen LogP contribution in [0.2, 0.25) is 0 Å². The van der Waals surface area contributed by atoms with Gasteiger partial charge in [-0.15, -0.1) is 0 Å². The van der Waals surface area contributed by atoms with Crippen LogP contribution in [0.4, 0.5) is 23.2 Å². The molecule has 0 atom stereocenters. The fraction of sp³-hybridized carbons (Fsp3) is 0.538. The Bertz CT molecular complexity index is 454. The third-order valence-corrected chi connectivity index (χ3v) is 4.14. The molecule has 0 N–H and O–H groups in total. The van der Waals surface area contributed by atoms with Crippen LogP contribution in [-0.2, 0) is 6.18 Å². The first-order valence-corrected chi connectivity index (χ1v) is 6.91. The Kier molecular flexibility index (Phi) is 4.08. The maximum Gasteiger partial charge on any atom is 0.416 e. The molecule has 0 radical (unpaired) electrons. The lowest BCUT2D eigenvalue weighted by atomic mass is 9.85. The van der Waals surface area contributed by atoms with E-state index in [9.17, 15) is 17.6 Å². The van der Waals surface area contributed by atoms with E-state index in [1.165, 1.54) is 6.07 Å². The summed E-state index contributed by atoms with van der Waals surface area (Å²) in [4.78, 5) is 2.20. The molecule has 1 aliphatic rings. The summed E-state index contributed by atoms with van der Waals surface area (Å²) < 4.78 is 51.0. The largest absolute Gasteiger partial charge is 0.416 e. The highest BCUT2D eigenvalue weighted by molar-refractivity contribution is 9.09. The van der Waals surface area contributed by atoms with Crippen molar-refractivity contribution in [1.29, 1.82) is 0 Å². The molecule has 0 bridgehead atoms. The third-order valence-electron chi connectivity index (χ3n) is 3.40. The molecular weight excluding hydrogens is 326 g/mol. The molecule has 106 valence electrons. The summed E-state index contributed by atoms with van der Waals surface area (Å²) in [5.41, 5.74) is -0.739. The van der Waals surface area contributed by atoms with Crippen LogP contribution in [0.1, 0.15) is 18.4 Å². The van der Waals surface area contributed by atoms with Gasteiger partial charge in [-0.1, -0.05) is 15.9 Å². The van der Waals surface area contributed by atoms with Gasteiger partial charge < -0.3 is 4.90 Å². The smallest absolute Gasteiger partial charge is 0.372 e. The Hall–Kier alpha value is -0.780. The monoisotopic (exact) mass is 339 g/mol. The summed E-state index contributed by atoms with van der Waals surface area (Å²) in [5, 5.41) is 0. The second-order valence-electron chi connectivity index (χ2n) is 4.98. The van der Waals surface area contributed by atoms with Gasteiger partial charge in [0.1, 0.15) is 5.82 Å². The van der Waals surface area contributed by atoms with E-state index in [0.717, 1.165) is 18.9 Å². The van der Waals surface area contributed by atoms with Crippen LogP contribution in [0, 0.1) is 11.7 Å². The normalized spacial score (nSPS) is 23.1. The summed E-state index contributed by atoms with van der Waals surface area (Å²) in [5.74, 6) is -0.358. The van der Waals surface area contributed by atoms with E-state index in [1.807, 2.05) is 0 Å². The fourth-order valence-corrected chi connectivity index (χ4v) is 3.34. The molecule has 6 heteroatoms. The molecule has 0 amide bonds. The SMILES string of the molecule is CN(CC1CC(Br)C1)c1ccc(C(F)(F)F)cc1F. The maximum absolute atomic E-state index is 13.7. The molecule has 0 heterocycles. The predicted molar refractivity (Wildman–Crippen MR) is 70.1 cm³/mol. The van der Waals surface area contributed by atoms with Gasteiger partial charge in [0.05, 0.1) is 11.3 Å². The van der Waals surface area contributed by atoms with E-state index in [1.54, 1.807) is 11.9 Å². The molecule has 0 aliphatic heterocycles. The zero-order valence-electron chi connectivity index (χ0n) is 10.3. The standard InChI is InChI=1S/C13H14BrF4N/c1-19(7-8-4-10(14)5-8)12-3-2-9(6-11(12)15)13(16,17)18/h2-3,6,8,10H,4-5,7H2,1H3. The van der Waals surface area contributed by atoms with Crippen LogP contribution in [-0.4, -0.2) is 18.4 Å². The summed E-state index contributed by atoms with van der Waals surface area (Å²) >= 11 is 3.47. The number of halogens is 5. The molecule has 1 aliphatic carbocycles. The molecule has 1 aromatic carbocycles. The highest BCUT2D eigenvalue weighted by Gasteiger charge is 2.32. The van der Waals surface area contributed by atoms with Crippen molar-refractivity contribution in [2.45, 2.75) is 23.8 Å². The number of benzene rings is 1. The lowest BCUT2D eigenvalue weighted by molar-refractivity contribution is -0.137. The number of nitrogens with zero attached hydrogens (tertiary/aromatic N) is 1. The number of hydrogen-bond acceptors (Lipinski definition) is 1. The quantitative estimate of drug-likeness (QED) is 0.580. The van der Waals surface area contributed by atoms with Gasteiger partial charge >= 0.3 is 6.18 Å². The zero-order chi connectivity index (χ0) is 14.2. The van der Waals surface area contributed by atoms with Crippen molar-refractivity contribution < 1.29 is 17.6 Å². The Balaban J connectivity index is 2.08. The van der Waals surface area contributed by atoms with E-state index in [0.29, 0.717) is 23.4 Å². The fourth-order valence-electron chi connectivity index (χ4n) is 2.28. The van der Waals surface area contributed by atoms with Gasteiger partial charge in [0.25, 0.3) is 0 Å². The summed E-state index contributed by atoms with van der Waals surface area (Å²) in [6, 6.07) is 2.67. The van der Waals surface area contributed by atoms with E-state index in [4.69, 9.17) is 0 Å². The minimum atomic E-state index is -4.50. The lowest BCUT2D eigenvalue weighted by Gasteiger charge is -2.35. The van der Waals surface area contributed by atoms with Crippen LogP contribution >= 0.6 is 15.9 Å². The van der Waals surface area contributed by atoms with Gasteiger partial charge in [-0.25, -0.2) is 4.39 Å². The van der Waals surface area contributed by atoms with Crippen LogP contribution in [0.5, 0.6) is 0 Å². The van der Waals surface area contributed by atoms with E-state index in [-0.39, 0.29) is 5.69 Å². The van der Waals surface area contributed by atoms with Gasteiger partial charge in [0.2, 0.25) is 0 Å². The minimum Gasteiger partial charge on any atom is -0.372 e. The molecule has 0 unspecified atom stereocenters. The summed E-state index contributed by atoms with van der Waals surface area (Å²) in [6.07, 6.45) is -2.46. The Labute approximate surface area is 117 Å². The van der Waals surface area contributed by atoms with Crippen molar-refractivity contribution >= 4 is 21.6 Å². The van der Waals surface area contributed by atoms with Crippen LogP contribution < -0.4 is 4.90 Å². The average Bonchev–Trinajstić information content (AvgIpc) is 2.25. The van der Waals surface area contributed by atoms with Crippen molar-refractivity contribution in [3.05, 3.63) is 29.6 Å². The van der Waals surface area contributed by atoms with E-state index < -0.39 is 17.6 Å². The maximum atomic E-state index is 13.7. The van der Waals surface area contributed by atoms with Crippen molar-refractivity contribution in [2.75, 3.05) is 18.5 Å². The van der Waals surface area contributed by atoms with Crippen molar-refractivity contribution in [3.8, 4) is 0 Å². The van der Waals surface area contributed by atoms with Crippen LogP contribution in [0.3, 0.4) is 0 Å². The number of hydrogen-bond donors (Lipinski definition) is 0. The first-order chi connectivity index (χ1) is 8.77. The summed E-state index contributed by atoms with van der Waals surface area (Å²) in [7, 11) is 1.70. The number of rotatable bonds is 3. The first kappa shape index (κ1) is 14.6. The molecule has 1 nitrogen and oxygen atoms in total. The minimum absolute atomic E-state index is 0.214. The second-order valence-corrected chi connectivity index (χ2v) is 6.27. The molecule has 0 spiro atoms. The Morgan fingerprint density at radius 1 is 1.32 bits per heavy atom. The van der Waals surface area contributed by atoms with Crippen LogP contribution in [0.25, 0.3) is 0 Å². The highest BCUT2D eigenvalue weighted by atomic mass is 79.9. The molecule has 1 saturated carbocycles. The van der Waals surface area contributed by atoms with Gasteiger partial charge in [-0.2, -0.15) is 13.2 Å². The highest BCUT2D eigenvalue weighted by Crippen LogP contribution is 2.36. The molecule has 1 aromatic rings. The van der Waals surface area contributed by atoms with Gasteiger partial charge in [0.15, 0.2) is 0 Å². The van der Waals surface area contributed by atoms with Crippen LogP contribution in [0.15, 0.2) is 18.2 Å². The Morgan fingerprint density at radius 2 is 1.95 bits per heavy atom.